The molecule has 2 fully saturated rings. The van der Waals surface area contributed by atoms with Crippen molar-refractivity contribution in [2.75, 3.05) is 31.6 Å². The van der Waals surface area contributed by atoms with Crippen molar-refractivity contribution in [1.82, 2.24) is 20.8 Å². The second-order valence-corrected chi connectivity index (χ2v) is 8.58. The summed E-state index contributed by atoms with van der Waals surface area (Å²) >= 11 is 0. The lowest BCUT2D eigenvalue weighted by molar-refractivity contribution is -0.192. The van der Waals surface area contributed by atoms with Gasteiger partial charge in [-0.1, -0.05) is 12.1 Å². The van der Waals surface area contributed by atoms with Gasteiger partial charge in [-0.15, -0.1) is 0 Å². The number of hydroxylamine groups is 1. The van der Waals surface area contributed by atoms with E-state index in [4.69, 9.17) is 19.8 Å². The Bertz CT molecular complexity index is 1010. The van der Waals surface area contributed by atoms with E-state index in [9.17, 15) is 18.0 Å². The number of hydrogen-bond donors (Lipinski definition) is 4. The molecular weight excluding hydrogens is 483 g/mol. The number of alkyl halides is 3. The lowest BCUT2D eigenvalue weighted by Crippen LogP contribution is -2.38. The van der Waals surface area contributed by atoms with Crippen molar-refractivity contribution in [3.05, 3.63) is 47.8 Å². The van der Waals surface area contributed by atoms with Gasteiger partial charge in [0.2, 0.25) is 5.95 Å². The van der Waals surface area contributed by atoms with Gasteiger partial charge in [-0.05, 0) is 49.4 Å². The van der Waals surface area contributed by atoms with Crippen molar-refractivity contribution in [1.29, 1.82) is 0 Å². The maximum Gasteiger partial charge on any atom is 0.490 e. The van der Waals surface area contributed by atoms with Crippen LogP contribution in [0.25, 0.3) is 0 Å². The minimum atomic E-state index is -5.08. The average Bonchev–Trinajstić information content (AvgIpc) is 3.67. The van der Waals surface area contributed by atoms with E-state index in [0.29, 0.717) is 23.8 Å². The van der Waals surface area contributed by atoms with E-state index in [-0.39, 0.29) is 5.56 Å². The number of carboxylic acid groups (broad SMARTS) is 1. The van der Waals surface area contributed by atoms with E-state index in [1.165, 1.54) is 24.4 Å². The molecule has 1 aliphatic heterocycles. The van der Waals surface area contributed by atoms with Crippen LogP contribution in [0.15, 0.2) is 36.7 Å². The normalized spacial score (nSPS) is 19.6. The third-order valence-electron chi connectivity index (χ3n) is 6.14. The molecule has 1 saturated carbocycles. The van der Waals surface area contributed by atoms with E-state index in [0.717, 1.165) is 38.2 Å². The minimum Gasteiger partial charge on any atom is -0.497 e. The number of hydrogen-bond acceptors (Lipinski definition) is 8. The minimum absolute atomic E-state index is 0.242. The third-order valence-corrected chi connectivity index (χ3v) is 6.14. The molecule has 0 radical (unpaired) electrons. The third kappa shape index (κ3) is 7.52. The van der Waals surface area contributed by atoms with Crippen molar-refractivity contribution in [3.63, 3.8) is 0 Å². The molecule has 10 nitrogen and oxygen atoms in total. The number of anilines is 1. The van der Waals surface area contributed by atoms with E-state index in [2.05, 4.69) is 32.3 Å². The lowest BCUT2D eigenvalue weighted by atomic mass is 9.97. The molecule has 1 saturated heterocycles. The Kier molecular flexibility index (Phi) is 9.04. The number of nitrogens with one attached hydrogen (secondary N) is 2. The van der Waals surface area contributed by atoms with Crippen LogP contribution in [0.5, 0.6) is 5.75 Å². The first kappa shape index (κ1) is 27.1. The number of aliphatic carboxylic acids is 1. The molecule has 0 spiro atoms. The van der Waals surface area contributed by atoms with Crippen molar-refractivity contribution in [2.45, 2.75) is 37.4 Å². The van der Waals surface area contributed by atoms with Crippen LogP contribution in [0.1, 0.15) is 41.1 Å². The van der Waals surface area contributed by atoms with Crippen molar-refractivity contribution < 1.29 is 37.8 Å². The number of carbonyl (C=O) groups excluding carboxylic acids is 1. The molecule has 2 atom stereocenters. The second-order valence-electron chi connectivity index (χ2n) is 8.58. The summed E-state index contributed by atoms with van der Waals surface area (Å²) in [6, 6.07) is 8.98. The Morgan fingerprint density at radius 1 is 1.14 bits per heavy atom. The molecule has 13 heteroatoms. The fraction of sp³-hybridized carbons (Fsp3) is 0.478. The molecule has 4 rings (SSSR count). The van der Waals surface area contributed by atoms with Crippen LogP contribution in [0.2, 0.25) is 0 Å². The van der Waals surface area contributed by atoms with Crippen molar-refractivity contribution >= 4 is 17.8 Å². The van der Waals surface area contributed by atoms with Crippen molar-refractivity contribution in [3.8, 4) is 5.75 Å². The van der Waals surface area contributed by atoms with Crippen LogP contribution in [0, 0.1) is 5.92 Å². The highest BCUT2D eigenvalue weighted by molar-refractivity contribution is 5.92. The highest BCUT2D eigenvalue weighted by Crippen LogP contribution is 2.41. The molecular formula is C23H28F3N5O5. The van der Waals surface area contributed by atoms with Gasteiger partial charge < -0.3 is 20.1 Å². The van der Waals surface area contributed by atoms with Crippen LogP contribution >= 0.6 is 0 Å². The molecule has 1 amide bonds. The van der Waals surface area contributed by atoms with Crippen LogP contribution in [-0.4, -0.2) is 71.1 Å². The second kappa shape index (κ2) is 12.0. The zero-order valence-corrected chi connectivity index (χ0v) is 19.5. The first-order valence-corrected chi connectivity index (χ1v) is 11.3. The monoisotopic (exact) mass is 511 g/mol. The smallest absolute Gasteiger partial charge is 0.490 e. The predicted octanol–water partition coefficient (Wildman–Crippen LogP) is 2.60. The van der Waals surface area contributed by atoms with Crippen molar-refractivity contribution in [2.24, 2.45) is 5.92 Å². The fourth-order valence-electron chi connectivity index (χ4n) is 3.96. The number of ether oxygens (including phenoxy) is 1. The molecule has 2 heterocycles. The first-order chi connectivity index (χ1) is 17.1. The number of halogens is 3. The molecule has 1 aromatic carbocycles. The molecule has 1 aromatic heterocycles. The summed E-state index contributed by atoms with van der Waals surface area (Å²) < 4.78 is 37.0. The molecule has 2 aromatic rings. The molecule has 36 heavy (non-hydrogen) atoms. The first-order valence-electron chi connectivity index (χ1n) is 11.3. The Morgan fingerprint density at radius 3 is 2.22 bits per heavy atom. The fourth-order valence-corrected chi connectivity index (χ4v) is 3.96. The average molecular weight is 512 g/mol. The van der Waals surface area contributed by atoms with Gasteiger partial charge in [-0.2, -0.15) is 13.2 Å². The van der Waals surface area contributed by atoms with Gasteiger partial charge in [0.15, 0.2) is 0 Å². The molecule has 0 bridgehead atoms. The number of piperidine rings is 1. The molecule has 2 unspecified atom stereocenters. The van der Waals surface area contributed by atoms with Gasteiger partial charge >= 0.3 is 12.1 Å². The highest BCUT2D eigenvalue weighted by atomic mass is 19.4. The summed E-state index contributed by atoms with van der Waals surface area (Å²) in [5.74, 6) is -0.553. The number of carbonyl (C=O) groups is 2. The standard InChI is InChI=1S/C21H27N5O3.C2HF3O2/c1-29-17-4-2-15(3-5-17)18-10-19(18)22-11-14-6-8-26(9-7-14)21-23-12-16(13-24-21)20(27)25-28;3-2(4,5)1(6)7/h2-5,12-14,18-19,22,28H,6-11H2,1H3,(H,25,27);(H,6,7). The highest BCUT2D eigenvalue weighted by Gasteiger charge is 2.39. The van der Waals surface area contributed by atoms with Gasteiger partial charge in [-0.25, -0.2) is 20.2 Å². The van der Waals surface area contributed by atoms with E-state index >= 15 is 0 Å². The summed E-state index contributed by atoms with van der Waals surface area (Å²) in [5.41, 5.74) is 3.21. The number of benzene rings is 1. The van der Waals surface area contributed by atoms with Gasteiger partial charge in [0.05, 0.1) is 12.7 Å². The number of methoxy groups -OCH3 is 1. The number of amides is 1. The molecule has 2 aliphatic rings. The maximum atomic E-state index is 11.4. The Morgan fingerprint density at radius 2 is 1.72 bits per heavy atom. The SMILES string of the molecule is COc1ccc(C2CC2NCC2CCN(c3ncc(C(=O)NO)cn3)CC2)cc1.O=C(O)C(F)(F)F. The summed E-state index contributed by atoms with van der Waals surface area (Å²) in [7, 11) is 1.69. The van der Waals surface area contributed by atoms with Crippen LogP contribution in [-0.2, 0) is 4.79 Å². The molecule has 196 valence electrons. The zero-order chi connectivity index (χ0) is 26.3. The van der Waals surface area contributed by atoms with Gasteiger partial charge in [0.1, 0.15) is 5.75 Å². The Hall–Kier alpha value is -3.45. The Labute approximate surface area is 205 Å². The van der Waals surface area contributed by atoms with Gasteiger partial charge in [0, 0.05) is 37.4 Å². The summed E-state index contributed by atoms with van der Waals surface area (Å²) in [6.45, 7) is 2.86. The van der Waals surface area contributed by atoms with E-state index < -0.39 is 18.1 Å². The zero-order valence-electron chi connectivity index (χ0n) is 19.5. The van der Waals surface area contributed by atoms with Crippen LogP contribution in [0.3, 0.4) is 0 Å². The summed E-state index contributed by atoms with van der Waals surface area (Å²) in [4.78, 5) is 30.9. The van der Waals surface area contributed by atoms with E-state index in [1.54, 1.807) is 12.6 Å². The Balaban J connectivity index is 0.000000454. The topological polar surface area (TPSA) is 137 Å². The largest absolute Gasteiger partial charge is 0.497 e. The number of nitrogens with zero attached hydrogens (tertiary/aromatic N) is 3. The number of carboxylic acids is 1. The molecule has 1 aliphatic carbocycles. The summed E-state index contributed by atoms with van der Waals surface area (Å²) in [6.07, 6.45) is 1.18. The van der Waals surface area contributed by atoms with Crippen LogP contribution in [0.4, 0.5) is 19.1 Å². The lowest BCUT2D eigenvalue weighted by Gasteiger charge is -2.32. The number of rotatable bonds is 7. The van der Waals surface area contributed by atoms with Gasteiger partial charge in [0.25, 0.3) is 5.91 Å². The maximum absolute atomic E-state index is 11.4. The predicted molar refractivity (Wildman–Crippen MR) is 122 cm³/mol. The van der Waals surface area contributed by atoms with Crippen LogP contribution < -0.4 is 20.4 Å². The quantitative estimate of drug-likeness (QED) is 0.327. The van der Waals surface area contributed by atoms with E-state index in [1.807, 2.05) is 12.1 Å². The molecule has 4 N–H and O–H groups in total. The van der Waals surface area contributed by atoms with Gasteiger partial charge in [-0.3, -0.25) is 10.0 Å². The number of aromatic nitrogens is 2. The summed E-state index contributed by atoms with van der Waals surface area (Å²) in [5, 5.41) is 19.5.